The third kappa shape index (κ3) is 1.12. The number of benzene rings is 1. The Morgan fingerprint density at radius 3 is 3.27 bits per heavy atom. The minimum atomic E-state index is -0.0739. The number of carbonyl (C=O) groups is 1. The van der Waals surface area contributed by atoms with Crippen molar-refractivity contribution in [2.45, 2.75) is 6.04 Å². The van der Waals surface area contributed by atoms with Crippen LogP contribution in [-0.4, -0.2) is 25.2 Å². The third-order valence-corrected chi connectivity index (χ3v) is 2.75. The number of nitrogens with zero attached hydrogens (tertiary/aromatic N) is 1. The van der Waals surface area contributed by atoms with E-state index in [1.54, 1.807) is 23.1 Å². The van der Waals surface area contributed by atoms with Gasteiger partial charge in [-0.15, -0.1) is 0 Å². The van der Waals surface area contributed by atoms with Crippen LogP contribution < -0.4 is 20.7 Å². The van der Waals surface area contributed by atoms with E-state index >= 15 is 0 Å². The number of hydrogen-bond donors (Lipinski definition) is 2. The molecular formula is C10H11N3O2. The van der Waals surface area contributed by atoms with E-state index in [4.69, 9.17) is 10.5 Å². The number of urea groups is 1. The molecule has 0 bridgehead atoms. The van der Waals surface area contributed by atoms with Gasteiger partial charge >= 0.3 is 6.03 Å². The first kappa shape index (κ1) is 8.40. The van der Waals surface area contributed by atoms with Crippen LogP contribution in [0.25, 0.3) is 0 Å². The molecule has 78 valence electrons. The maximum absolute atomic E-state index is 11.6. The minimum Gasteiger partial charge on any atom is -0.489 e. The first-order valence-corrected chi connectivity index (χ1v) is 4.85. The number of nitrogens with two attached hydrogens (primary N) is 1. The second-order valence-electron chi connectivity index (χ2n) is 3.75. The summed E-state index contributed by atoms with van der Waals surface area (Å²) in [6.45, 7) is 1.17. The fourth-order valence-electron chi connectivity index (χ4n) is 2.02. The van der Waals surface area contributed by atoms with Gasteiger partial charge in [0, 0.05) is 12.2 Å². The monoisotopic (exact) mass is 205 g/mol. The summed E-state index contributed by atoms with van der Waals surface area (Å²) in [6.07, 6.45) is 0. The average Bonchev–Trinajstić information content (AvgIpc) is 2.60. The van der Waals surface area contributed by atoms with Crippen molar-refractivity contribution in [2.75, 3.05) is 23.8 Å². The minimum absolute atomic E-state index is 0.0739. The normalized spacial score (nSPS) is 22.8. The zero-order chi connectivity index (χ0) is 10.4. The van der Waals surface area contributed by atoms with Crippen molar-refractivity contribution < 1.29 is 9.53 Å². The van der Waals surface area contributed by atoms with E-state index in [1.165, 1.54) is 0 Å². The van der Waals surface area contributed by atoms with Gasteiger partial charge in [0.05, 0.1) is 11.7 Å². The molecule has 2 heterocycles. The van der Waals surface area contributed by atoms with Crippen LogP contribution in [0.1, 0.15) is 0 Å². The zero-order valence-electron chi connectivity index (χ0n) is 8.06. The van der Waals surface area contributed by atoms with E-state index in [2.05, 4.69) is 5.32 Å². The fourth-order valence-corrected chi connectivity index (χ4v) is 2.02. The summed E-state index contributed by atoms with van der Waals surface area (Å²) in [5.41, 5.74) is 7.10. The first-order chi connectivity index (χ1) is 7.25. The van der Waals surface area contributed by atoms with E-state index < -0.39 is 0 Å². The molecule has 0 radical (unpaired) electrons. The average molecular weight is 205 g/mol. The highest BCUT2D eigenvalue weighted by Crippen LogP contribution is 2.36. The Morgan fingerprint density at radius 1 is 1.53 bits per heavy atom. The number of ether oxygens (including phenoxy) is 1. The van der Waals surface area contributed by atoms with Crippen molar-refractivity contribution in [1.82, 2.24) is 5.32 Å². The van der Waals surface area contributed by atoms with Gasteiger partial charge in [0.25, 0.3) is 0 Å². The largest absolute Gasteiger partial charge is 0.489 e. The van der Waals surface area contributed by atoms with Gasteiger partial charge in [-0.3, -0.25) is 4.90 Å². The lowest BCUT2D eigenvalue weighted by atomic mass is 10.1. The molecule has 1 unspecified atom stereocenters. The second-order valence-corrected chi connectivity index (χ2v) is 3.75. The Hall–Kier alpha value is -1.91. The van der Waals surface area contributed by atoms with Gasteiger partial charge in [-0.05, 0) is 18.2 Å². The van der Waals surface area contributed by atoms with E-state index in [0.717, 1.165) is 11.4 Å². The van der Waals surface area contributed by atoms with Crippen LogP contribution in [0.3, 0.4) is 0 Å². The molecule has 1 atom stereocenters. The Morgan fingerprint density at radius 2 is 2.40 bits per heavy atom. The molecule has 0 aliphatic carbocycles. The predicted molar refractivity (Wildman–Crippen MR) is 56.0 cm³/mol. The highest BCUT2D eigenvalue weighted by atomic mass is 16.5. The quantitative estimate of drug-likeness (QED) is 0.608. The molecule has 2 amide bonds. The van der Waals surface area contributed by atoms with Crippen molar-refractivity contribution in [3.63, 3.8) is 0 Å². The molecule has 1 aromatic rings. The highest BCUT2D eigenvalue weighted by Gasteiger charge is 2.37. The van der Waals surface area contributed by atoms with Crippen LogP contribution in [0.5, 0.6) is 5.75 Å². The predicted octanol–water partition coefficient (Wildman–Crippen LogP) is 0.559. The summed E-state index contributed by atoms with van der Waals surface area (Å²) in [7, 11) is 0. The maximum atomic E-state index is 11.6. The molecule has 0 aromatic heterocycles. The van der Waals surface area contributed by atoms with Crippen molar-refractivity contribution in [1.29, 1.82) is 0 Å². The lowest BCUT2D eigenvalue weighted by Crippen LogP contribution is -2.41. The summed E-state index contributed by atoms with van der Waals surface area (Å²) in [6, 6.07) is 5.35. The number of fused-ring (bicyclic) bond motifs is 3. The maximum Gasteiger partial charge on any atom is 0.322 e. The number of anilines is 2. The van der Waals surface area contributed by atoms with E-state index in [0.29, 0.717) is 18.8 Å². The Labute approximate surface area is 86.8 Å². The van der Waals surface area contributed by atoms with Crippen molar-refractivity contribution in [3.8, 4) is 5.75 Å². The Balaban J connectivity index is 2.12. The van der Waals surface area contributed by atoms with Gasteiger partial charge < -0.3 is 15.8 Å². The Bertz CT molecular complexity index is 433. The number of rotatable bonds is 0. The number of carbonyl (C=O) groups excluding carboxylic acids is 1. The third-order valence-electron chi connectivity index (χ3n) is 2.75. The van der Waals surface area contributed by atoms with Crippen LogP contribution in [0.15, 0.2) is 18.2 Å². The number of nitrogens with one attached hydrogen (secondary N) is 1. The molecule has 0 saturated carbocycles. The van der Waals surface area contributed by atoms with Crippen LogP contribution in [0.2, 0.25) is 0 Å². The highest BCUT2D eigenvalue weighted by molar-refractivity contribution is 5.97. The number of amides is 2. The number of hydrogen-bond acceptors (Lipinski definition) is 3. The number of nitrogen functional groups attached to an aromatic ring is 1. The van der Waals surface area contributed by atoms with Crippen LogP contribution in [0, 0.1) is 0 Å². The van der Waals surface area contributed by atoms with Gasteiger partial charge in [-0.2, -0.15) is 0 Å². The van der Waals surface area contributed by atoms with Gasteiger partial charge in [-0.25, -0.2) is 4.79 Å². The topological polar surface area (TPSA) is 67.6 Å². The summed E-state index contributed by atoms with van der Waals surface area (Å²) in [5, 5.41) is 2.79. The molecular weight excluding hydrogens is 194 g/mol. The van der Waals surface area contributed by atoms with Gasteiger partial charge in [-0.1, -0.05) is 0 Å². The smallest absolute Gasteiger partial charge is 0.322 e. The molecule has 1 fully saturated rings. The molecule has 1 aromatic carbocycles. The molecule has 5 heteroatoms. The van der Waals surface area contributed by atoms with Gasteiger partial charge in [0.15, 0.2) is 0 Å². The van der Waals surface area contributed by atoms with Gasteiger partial charge in [0.1, 0.15) is 12.4 Å². The van der Waals surface area contributed by atoms with E-state index in [1.807, 2.05) is 0 Å². The molecule has 15 heavy (non-hydrogen) atoms. The van der Waals surface area contributed by atoms with Crippen LogP contribution in [-0.2, 0) is 0 Å². The van der Waals surface area contributed by atoms with Gasteiger partial charge in [0.2, 0.25) is 0 Å². The molecule has 3 N–H and O–H groups in total. The van der Waals surface area contributed by atoms with Crippen molar-refractivity contribution in [2.24, 2.45) is 0 Å². The molecule has 0 spiro atoms. The van der Waals surface area contributed by atoms with Crippen LogP contribution in [0.4, 0.5) is 16.2 Å². The summed E-state index contributed by atoms with van der Waals surface area (Å²) < 4.78 is 5.55. The SMILES string of the molecule is Nc1ccc2c(c1)N1C(=O)NCC1CO2. The fraction of sp³-hybridized carbons (Fsp3) is 0.300. The molecule has 3 rings (SSSR count). The second kappa shape index (κ2) is 2.79. The molecule has 1 saturated heterocycles. The summed E-state index contributed by atoms with van der Waals surface area (Å²) in [5.74, 6) is 0.720. The lowest BCUT2D eigenvalue weighted by molar-refractivity contribution is 0.246. The van der Waals surface area contributed by atoms with E-state index in [9.17, 15) is 4.79 Å². The summed E-state index contributed by atoms with van der Waals surface area (Å²) >= 11 is 0. The van der Waals surface area contributed by atoms with E-state index in [-0.39, 0.29) is 12.1 Å². The zero-order valence-corrected chi connectivity index (χ0v) is 8.06. The van der Waals surface area contributed by atoms with Crippen molar-refractivity contribution in [3.05, 3.63) is 18.2 Å². The van der Waals surface area contributed by atoms with Crippen LogP contribution >= 0.6 is 0 Å². The molecule has 5 nitrogen and oxygen atoms in total. The molecule has 2 aliphatic rings. The summed E-state index contributed by atoms with van der Waals surface area (Å²) in [4.78, 5) is 13.3. The first-order valence-electron chi connectivity index (χ1n) is 4.85. The lowest BCUT2D eigenvalue weighted by Gasteiger charge is -2.30. The molecule has 2 aliphatic heterocycles. The standard InChI is InChI=1S/C10H11N3O2/c11-6-1-2-9-8(3-6)13-7(5-15-9)4-12-10(13)14/h1-3,7H,4-5,11H2,(H,12,14). The Kier molecular flexibility index (Phi) is 1.56. The van der Waals surface area contributed by atoms with Crippen molar-refractivity contribution >= 4 is 17.4 Å².